The monoisotopic (exact) mass is 392 g/mol. The van der Waals surface area contributed by atoms with E-state index >= 15 is 0 Å². The number of carbonyl (C=O) groups is 1. The number of aryl methyl sites for hydroxylation is 1. The van der Waals surface area contributed by atoms with Crippen molar-refractivity contribution in [2.24, 2.45) is 5.92 Å². The summed E-state index contributed by atoms with van der Waals surface area (Å²) in [5.74, 6) is -0.755. The van der Waals surface area contributed by atoms with Gasteiger partial charge in [0.15, 0.2) is 0 Å². The first kappa shape index (κ1) is 17.7. The van der Waals surface area contributed by atoms with Crippen molar-refractivity contribution in [3.05, 3.63) is 57.8 Å². The molecule has 0 saturated carbocycles. The molecule has 2 bridgehead atoms. The number of carbonyl (C=O) groups excluding carboxylic acids is 1. The summed E-state index contributed by atoms with van der Waals surface area (Å²) in [5, 5.41) is 14.0. The molecule has 2 fully saturated rings. The van der Waals surface area contributed by atoms with Crippen LogP contribution in [0.15, 0.2) is 36.5 Å². The highest BCUT2D eigenvalue weighted by atomic mass is 35.5. The molecule has 0 spiro atoms. The van der Waals surface area contributed by atoms with Crippen LogP contribution in [0.5, 0.6) is 0 Å². The van der Waals surface area contributed by atoms with Crippen LogP contribution in [0.1, 0.15) is 23.6 Å². The number of aliphatic hydroxyl groups is 1. The average molecular weight is 393 g/mol. The smallest absolute Gasteiger partial charge is 0.230 e. The predicted molar refractivity (Wildman–Crippen MR) is 99.6 cm³/mol. The molecule has 2 saturated heterocycles. The lowest BCUT2D eigenvalue weighted by Gasteiger charge is -2.30. The van der Waals surface area contributed by atoms with Crippen LogP contribution in [-0.2, 0) is 9.53 Å². The molecule has 2 aliphatic rings. The summed E-state index contributed by atoms with van der Waals surface area (Å²) >= 11 is 12.0. The van der Waals surface area contributed by atoms with Crippen molar-refractivity contribution in [3.63, 3.8) is 0 Å². The number of nitrogens with zero attached hydrogens (tertiary/aromatic N) is 1. The molecule has 5 nitrogen and oxygen atoms in total. The molecule has 0 aliphatic carbocycles. The number of aliphatic hydroxyl groups excluding tert-OH is 1. The molecule has 3 heterocycles. The fourth-order valence-corrected chi connectivity index (χ4v) is 4.31. The van der Waals surface area contributed by atoms with Crippen LogP contribution >= 0.6 is 23.2 Å². The normalized spacial score (nSPS) is 29.8. The third-order valence-electron chi connectivity index (χ3n) is 5.12. The minimum absolute atomic E-state index is 0.151. The maximum absolute atomic E-state index is 13.0. The molecule has 0 radical (unpaired) electrons. The van der Waals surface area contributed by atoms with Gasteiger partial charge in [-0.2, -0.15) is 0 Å². The first-order valence-electron chi connectivity index (χ1n) is 8.46. The van der Waals surface area contributed by atoms with Gasteiger partial charge in [-0.15, -0.1) is 0 Å². The Morgan fingerprint density at radius 1 is 1.27 bits per heavy atom. The van der Waals surface area contributed by atoms with E-state index in [0.717, 1.165) is 11.3 Å². The zero-order valence-electron chi connectivity index (χ0n) is 14.0. The molecule has 1 aromatic carbocycles. The predicted octanol–water partition coefficient (Wildman–Crippen LogP) is 3.57. The Hall–Kier alpha value is -1.66. The third kappa shape index (κ3) is 3.09. The topological polar surface area (TPSA) is 71.5 Å². The first-order valence-corrected chi connectivity index (χ1v) is 9.21. The number of halogens is 2. The molecule has 5 atom stereocenters. The maximum Gasteiger partial charge on any atom is 0.230 e. The second-order valence-corrected chi connectivity index (χ2v) is 7.66. The van der Waals surface area contributed by atoms with Crippen molar-refractivity contribution < 1.29 is 14.6 Å². The van der Waals surface area contributed by atoms with Gasteiger partial charge in [0, 0.05) is 29.9 Å². The fraction of sp³-hybridized carbons (Fsp3) is 0.368. The highest BCUT2D eigenvalue weighted by molar-refractivity contribution is 6.42. The van der Waals surface area contributed by atoms with Crippen LogP contribution in [0.2, 0.25) is 10.0 Å². The van der Waals surface area contributed by atoms with E-state index in [9.17, 15) is 9.90 Å². The highest BCUT2D eigenvalue weighted by Crippen LogP contribution is 2.49. The van der Waals surface area contributed by atoms with E-state index < -0.39 is 6.10 Å². The van der Waals surface area contributed by atoms with Crippen molar-refractivity contribution in [1.29, 1.82) is 0 Å². The fourth-order valence-electron chi connectivity index (χ4n) is 4.01. The number of amides is 1. The van der Waals surface area contributed by atoms with E-state index in [0.29, 0.717) is 22.2 Å². The third-order valence-corrected chi connectivity index (χ3v) is 5.86. The van der Waals surface area contributed by atoms with E-state index in [1.807, 2.05) is 19.1 Å². The second-order valence-electron chi connectivity index (χ2n) is 6.84. The Bertz CT molecular complexity index is 860. The molecule has 136 valence electrons. The largest absolute Gasteiger partial charge is 0.390 e. The molecular formula is C19H18Cl2N2O3. The van der Waals surface area contributed by atoms with E-state index in [4.69, 9.17) is 27.9 Å². The van der Waals surface area contributed by atoms with Crippen molar-refractivity contribution in [3.8, 4) is 0 Å². The summed E-state index contributed by atoms with van der Waals surface area (Å²) in [6, 6.07) is 8.80. The molecule has 7 heteroatoms. The zero-order valence-corrected chi connectivity index (χ0v) is 15.5. The quantitative estimate of drug-likeness (QED) is 0.837. The van der Waals surface area contributed by atoms with Gasteiger partial charge in [-0.1, -0.05) is 23.2 Å². The van der Waals surface area contributed by atoms with Gasteiger partial charge < -0.3 is 15.2 Å². The van der Waals surface area contributed by atoms with Gasteiger partial charge in [0.25, 0.3) is 0 Å². The first-order chi connectivity index (χ1) is 12.4. The minimum atomic E-state index is -0.563. The summed E-state index contributed by atoms with van der Waals surface area (Å²) in [6.45, 7) is 1.90. The second kappa shape index (κ2) is 6.82. The number of hydrogen-bond donors (Lipinski definition) is 2. The van der Waals surface area contributed by atoms with Crippen LogP contribution in [0.4, 0.5) is 5.69 Å². The van der Waals surface area contributed by atoms with Crippen molar-refractivity contribution in [2.75, 3.05) is 5.32 Å². The highest BCUT2D eigenvalue weighted by Gasteiger charge is 2.56. The Morgan fingerprint density at radius 2 is 2.08 bits per heavy atom. The van der Waals surface area contributed by atoms with Crippen molar-refractivity contribution >= 4 is 34.8 Å². The molecule has 2 aromatic rings. The number of aromatic nitrogens is 1. The van der Waals surface area contributed by atoms with Gasteiger partial charge in [0.05, 0.1) is 34.3 Å². The minimum Gasteiger partial charge on any atom is -0.390 e. The number of pyridine rings is 1. The zero-order chi connectivity index (χ0) is 18.4. The lowest BCUT2D eigenvalue weighted by atomic mass is 9.74. The Balaban J connectivity index is 1.62. The van der Waals surface area contributed by atoms with Crippen molar-refractivity contribution in [2.45, 2.75) is 37.6 Å². The Morgan fingerprint density at radius 3 is 2.81 bits per heavy atom. The molecule has 1 aromatic heterocycles. The van der Waals surface area contributed by atoms with Gasteiger partial charge >= 0.3 is 0 Å². The van der Waals surface area contributed by atoms with Crippen LogP contribution in [0.25, 0.3) is 0 Å². The van der Waals surface area contributed by atoms with E-state index in [2.05, 4.69) is 10.3 Å². The molecule has 2 aliphatic heterocycles. The standard InChI is InChI=1S/C19H18Cl2N2O3/c1-9-6-10(4-5-22-9)16-17(15-8-14(24)18(16)26-15)19(25)23-11-2-3-12(20)13(21)7-11/h2-7,14-18,24H,8H2,1H3,(H,23,25)/t14-,15+,16+,17?,18-/m0/s1. The van der Waals surface area contributed by atoms with Gasteiger partial charge in [-0.05, 0) is 42.8 Å². The number of nitrogens with one attached hydrogen (secondary N) is 1. The van der Waals surface area contributed by atoms with Crippen LogP contribution in [0.3, 0.4) is 0 Å². The Kier molecular flexibility index (Phi) is 4.65. The maximum atomic E-state index is 13.0. The summed E-state index contributed by atoms with van der Waals surface area (Å²) < 4.78 is 5.93. The number of anilines is 1. The van der Waals surface area contributed by atoms with Gasteiger partial charge in [0.1, 0.15) is 0 Å². The number of fused-ring (bicyclic) bond motifs is 2. The van der Waals surface area contributed by atoms with Crippen LogP contribution in [0, 0.1) is 12.8 Å². The molecule has 1 amide bonds. The molecule has 26 heavy (non-hydrogen) atoms. The van der Waals surface area contributed by atoms with Crippen LogP contribution < -0.4 is 5.32 Å². The van der Waals surface area contributed by atoms with E-state index in [1.165, 1.54) is 0 Å². The van der Waals surface area contributed by atoms with Gasteiger partial charge in [-0.25, -0.2) is 0 Å². The molecule has 1 unspecified atom stereocenters. The number of rotatable bonds is 3. The summed E-state index contributed by atoms with van der Waals surface area (Å²) in [4.78, 5) is 17.2. The SMILES string of the molecule is Cc1cc([C@@H]2C(C(=O)Nc3ccc(Cl)c(Cl)c3)[C@H]3C[C@H](O)[C@@H]2O3)ccn1. The number of hydrogen-bond acceptors (Lipinski definition) is 4. The van der Waals surface area contributed by atoms with E-state index in [1.54, 1.807) is 24.4 Å². The summed E-state index contributed by atoms with van der Waals surface area (Å²) in [7, 11) is 0. The molecular weight excluding hydrogens is 375 g/mol. The average Bonchev–Trinajstić information content (AvgIpc) is 3.15. The summed E-state index contributed by atoms with van der Waals surface area (Å²) in [6.07, 6.45) is 0.928. The summed E-state index contributed by atoms with van der Waals surface area (Å²) in [5.41, 5.74) is 2.40. The number of benzene rings is 1. The molecule has 4 rings (SSSR count). The Labute approximate surface area is 161 Å². The lowest BCUT2D eigenvalue weighted by molar-refractivity contribution is -0.121. The molecule has 2 N–H and O–H groups in total. The van der Waals surface area contributed by atoms with Gasteiger partial charge in [0.2, 0.25) is 5.91 Å². The van der Waals surface area contributed by atoms with E-state index in [-0.39, 0.29) is 30.0 Å². The van der Waals surface area contributed by atoms with Crippen LogP contribution in [-0.4, -0.2) is 34.3 Å². The number of ether oxygens (including phenoxy) is 1. The van der Waals surface area contributed by atoms with Gasteiger partial charge in [-0.3, -0.25) is 9.78 Å². The lowest BCUT2D eigenvalue weighted by Crippen LogP contribution is -2.41. The van der Waals surface area contributed by atoms with Crippen molar-refractivity contribution in [1.82, 2.24) is 4.98 Å².